The lowest BCUT2D eigenvalue weighted by atomic mass is 10.1. The molecule has 2 aromatic carbocycles. The van der Waals surface area contributed by atoms with E-state index in [1.165, 1.54) is 12.1 Å². The molecule has 2 aromatic heterocycles. The molecule has 120 valence electrons. The smallest absolute Gasteiger partial charge is 0.257 e. The molecular formula is C17H13FN4OS. The summed E-state index contributed by atoms with van der Waals surface area (Å²) in [4.78, 5) is 21.5. The van der Waals surface area contributed by atoms with Gasteiger partial charge in [-0.1, -0.05) is 0 Å². The van der Waals surface area contributed by atoms with Crippen molar-refractivity contribution in [1.82, 2.24) is 15.0 Å². The van der Waals surface area contributed by atoms with Gasteiger partial charge in [-0.2, -0.15) is 0 Å². The zero-order valence-corrected chi connectivity index (χ0v) is 13.5. The Bertz CT molecular complexity index is 1150. The molecule has 4 N–H and O–H groups in total. The summed E-state index contributed by atoms with van der Waals surface area (Å²) in [5.74, 6) is -0.911. The fourth-order valence-corrected chi connectivity index (χ4v) is 3.05. The standard InChI is InChI=1S/C17H13FN4OS/c1-8-4-9-5-11(2-3-13(9)19-8)20-16(23)12-6-10(18)7-14-15(12)22-17(24)21-14/h2-7,19H,1H3,(H,20,23)(H2,21,22,24). The van der Waals surface area contributed by atoms with Gasteiger partial charge < -0.3 is 20.3 Å². The average Bonchev–Trinajstić information content (AvgIpc) is 3.06. The Labute approximate surface area is 140 Å². The van der Waals surface area contributed by atoms with Gasteiger partial charge >= 0.3 is 0 Å². The van der Waals surface area contributed by atoms with Crippen molar-refractivity contribution in [2.45, 2.75) is 6.92 Å². The van der Waals surface area contributed by atoms with Gasteiger partial charge in [0, 0.05) is 22.3 Å². The van der Waals surface area contributed by atoms with Crippen LogP contribution in [-0.2, 0) is 0 Å². The number of hydrogen-bond donors (Lipinski definition) is 4. The number of benzene rings is 2. The number of H-pyrrole nitrogens is 3. The van der Waals surface area contributed by atoms with Crippen molar-refractivity contribution >= 4 is 45.7 Å². The highest BCUT2D eigenvalue weighted by Crippen LogP contribution is 2.22. The van der Waals surface area contributed by atoms with Gasteiger partial charge in [-0.15, -0.1) is 0 Å². The highest BCUT2D eigenvalue weighted by atomic mass is 32.1. The Hall–Kier alpha value is -2.93. The summed E-state index contributed by atoms with van der Waals surface area (Å²) in [5, 5.41) is 3.80. The number of aryl methyl sites for hydroxylation is 1. The topological polar surface area (TPSA) is 76.5 Å². The summed E-state index contributed by atoms with van der Waals surface area (Å²) in [6.07, 6.45) is 0. The summed E-state index contributed by atoms with van der Waals surface area (Å²) in [6.45, 7) is 1.97. The number of carbonyl (C=O) groups excluding carboxylic acids is 1. The van der Waals surface area contributed by atoms with Crippen molar-refractivity contribution in [1.29, 1.82) is 0 Å². The third-order valence-electron chi connectivity index (χ3n) is 3.85. The zero-order valence-electron chi connectivity index (χ0n) is 12.7. The van der Waals surface area contributed by atoms with Crippen LogP contribution in [0.2, 0.25) is 0 Å². The van der Waals surface area contributed by atoms with E-state index < -0.39 is 11.7 Å². The Morgan fingerprint density at radius 1 is 1.08 bits per heavy atom. The number of hydrogen-bond acceptors (Lipinski definition) is 2. The first-order valence-electron chi connectivity index (χ1n) is 7.32. The van der Waals surface area contributed by atoms with Gasteiger partial charge in [0.2, 0.25) is 0 Å². The van der Waals surface area contributed by atoms with Crippen molar-refractivity contribution in [2.24, 2.45) is 0 Å². The number of nitrogens with one attached hydrogen (secondary N) is 4. The Morgan fingerprint density at radius 3 is 2.75 bits per heavy atom. The molecule has 0 aliphatic carbocycles. The second kappa shape index (κ2) is 5.31. The molecule has 7 heteroatoms. The first-order valence-corrected chi connectivity index (χ1v) is 7.73. The number of fused-ring (bicyclic) bond motifs is 2. The van der Waals surface area contributed by atoms with Crippen LogP contribution in [0.25, 0.3) is 21.9 Å². The number of rotatable bonds is 2. The van der Waals surface area contributed by atoms with Gasteiger partial charge in [-0.3, -0.25) is 4.79 Å². The van der Waals surface area contributed by atoms with Gasteiger partial charge in [0.25, 0.3) is 5.91 Å². The highest BCUT2D eigenvalue weighted by molar-refractivity contribution is 7.71. The molecule has 24 heavy (non-hydrogen) atoms. The second-order valence-electron chi connectivity index (χ2n) is 5.66. The fourth-order valence-electron chi connectivity index (χ4n) is 2.84. The van der Waals surface area contributed by atoms with Crippen LogP contribution < -0.4 is 5.32 Å². The number of aromatic nitrogens is 3. The summed E-state index contributed by atoms with van der Waals surface area (Å²) in [6, 6.07) is 10.0. The van der Waals surface area contributed by atoms with Crippen molar-refractivity contribution in [3.63, 3.8) is 0 Å². The molecule has 0 saturated carbocycles. The molecule has 2 heterocycles. The molecule has 0 radical (unpaired) electrons. The van der Waals surface area contributed by atoms with E-state index in [9.17, 15) is 9.18 Å². The van der Waals surface area contributed by atoms with Crippen LogP contribution in [0.1, 0.15) is 16.1 Å². The number of halogens is 1. The van der Waals surface area contributed by atoms with Crippen LogP contribution in [0.15, 0.2) is 36.4 Å². The van der Waals surface area contributed by atoms with Crippen LogP contribution in [0.5, 0.6) is 0 Å². The van der Waals surface area contributed by atoms with Crippen LogP contribution in [-0.4, -0.2) is 20.9 Å². The lowest BCUT2D eigenvalue weighted by Crippen LogP contribution is -2.12. The van der Waals surface area contributed by atoms with Gasteiger partial charge in [-0.05, 0) is 55.5 Å². The molecule has 0 spiro atoms. The van der Waals surface area contributed by atoms with E-state index in [1.54, 1.807) is 6.07 Å². The van der Waals surface area contributed by atoms with Crippen LogP contribution >= 0.6 is 12.2 Å². The molecule has 5 nitrogen and oxygen atoms in total. The second-order valence-corrected chi connectivity index (χ2v) is 6.07. The molecule has 0 aliphatic heterocycles. The Morgan fingerprint density at radius 2 is 1.92 bits per heavy atom. The predicted molar refractivity (Wildman–Crippen MR) is 94.4 cm³/mol. The van der Waals surface area contributed by atoms with Gasteiger partial charge in [0.1, 0.15) is 5.82 Å². The fraction of sp³-hybridized carbons (Fsp3) is 0.0588. The monoisotopic (exact) mass is 340 g/mol. The summed E-state index contributed by atoms with van der Waals surface area (Å²) >= 11 is 5.02. The number of amides is 1. The molecule has 0 saturated heterocycles. The molecule has 4 aromatic rings. The highest BCUT2D eigenvalue weighted by Gasteiger charge is 2.14. The number of anilines is 1. The average molecular weight is 340 g/mol. The molecule has 0 aliphatic rings. The number of aromatic amines is 3. The van der Waals surface area contributed by atoms with E-state index in [1.807, 2.05) is 25.1 Å². The summed E-state index contributed by atoms with van der Waals surface area (Å²) in [5.41, 5.74) is 3.81. The lowest BCUT2D eigenvalue weighted by Gasteiger charge is -2.07. The van der Waals surface area contributed by atoms with Gasteiger partial charge in [-0.25, -0.2) is 4.39 Å². The van der Waals surface area contributed by atoms with Gasteiger partial charge in [0.05, 0.1) is 16.6 Å². The van der Waals surface area contributed by atoms with Crippen molar-refractivity contribution in [2.75, 3.05) is 5.32 Å². The normalized spacial score (nSPS) is 11.2. The number of imidazole rings is 1. The third kappa shape index (κ3) is 2.48. The van der Waals surface area contributed by atoms with E-state index >= 15 is 0 Å². The molecule has 0 unspecified atom stereocenters. The maximum Gasteiger partial charge on any atom is 0.257 e. The predicted octanol–water partition coefficient (Wildman–Crippen LogP) is 4.41. The molecule has 1 amide bonds. The molecule has 4 rings (SSSR count). The minimum atomic E-state index is -0.505. The Balaban J connectivity index is 1.74. The zero-order chi connectivity index (χ0) is 16.8. The van der Waals surface area contributed by atoms with Crippen molar-refractivity contribution in [3.05, 3.63) is 58.2 Å². The van der Waals surface area contributed by atoms with Crippen molar-refractivity contribution in [3.8, 4) is 0 Å². The van der Waals surface area contributed by atoms with Gasteiger partial charge in [0.15, 0.2) is 4.77 Å². The molecule has 0 bridgehead atoms. The Kier molecular flexibility index (Phi) is 3.24. The summed E-state index contributed by atoms with van der Waals surface area (Å²) in [7, 11) is 0. The minimum Gasteiger partial charge on any atom is -0.359 e. The third-order valence-corrected chi connectivity index (χ3v) is 4.05. The SMILES string of the molecule is Cc1cc2cc(NC(=O)c3cc(F)cc4[nH]c(=S)[nH]c34)ccc2[nH]1. The lowest BCUT2D eigenvalue weighted by molar-refractivity contribution is 0.102. The van der Waals surface area contributed by atoms with E-state index in [0.717, 1.165) is 16.6 Å². The van der Waals surface area contributed by atoms with Crippen LogP contribution in [0.3, 0.4) is 0 Å². The van der Waals surface area contributed by atoms with E-state index in [4.69, 9.17) is 12.2 Å². The van der Waals surface area contributed by atoms with E-state index in [-0.39, 0.29) is 5.56 Å². The largest absolute Gasteiger partial charge is 0.359 e. The minimum absolute atomic E-state index is 0.197. The van der Waals surface area contributed by atoms with Crippen LogP contribution in [0, 0.1) is 17.5 Å². The first-order chi connectivity index (χ1) is 11.5. The summed E-state index contributed by atoms with van der Waals surface area (Å²) < 4.78 is 14.1. The van der Waals surface area contributed by atoms with E-state index in [0.29, 0.717) is 21.5 Å². The molecule has 0 fully saturated rings. The molecular weight excluding hydrogens is 327 g/mol. The number of carbonyl (C=O) groups is 1. The maximum atomic E-state index is 13.8. The van der Waals surface area contributed by atoms with Crippen LogP contribution in [0.4, 0.5) is 10.1 Å². The molecule has 0 atom stereocenters. The van der Waals surface area contributed by atoms with Crippen molar-refractivity contribution < 1.29 is 9.18 Å². The first kappa shape index (κ1) is 14.6. The maximum absolute atomic E-state index is 13.8. The quantitative estimate of drug-likeness (QED) is 0.408. The van der Waals surface area contributed by atoms with E-state index in [2.05, 4.69) is 20.3 Å².